The van der Waals surface area contributed by atoms with Gasteiger partial charge in [0.2, 0.25) is 5.91 Å². The summed E-state index contributed by atoms with van der Waals surface area (Å²) in [7, 11) is -3.08. The minimum Gasteiger partial charge on any atom is -0.457 e. The van der Waals surface area contributed by atoms with Crippen molar-refractivity contribution in [3.05, 3.63) is 54.6 Å². The van der Waals surface area contributed by atoms with Gasteiger partial charge in [-0.05, 0) is 42.8 Å². The maximum Gasteiger partial charge on any atom is 0.248 e. The standard InChI is InChI=1S/C21H22N2O4S2/c1-2-6-20(24)22-21-23(18-13-29(25,26)14-19(18)28-21)15-9-11-17(12-10-15)27-16-7-4-3-5-8-16/h3-5,7-12,18-19H,2,6,13-14H2,1H3/t18-,19+/m1/s1. The molecule has 0 bridgehead atoms. The van der Waals surface area contributed by atoms with Crippen molar-refractivity contribution in [2.45, 2.75) is 31.1 Å². The molecule has 8 heteroatoms. The van der Waals surface area contributed by atoms with Crippen LogP contribution < -0.4 is 9.64 Å². The third kappa shape index (κ3) is 4.48. The van der Waals surface area contributed by atoms with Gasteiger partial charge in [-0.25, -0.2) is 8.42 Å². The summed E-state index contributed by atoms with van der Waals surface area (Å²) in [5.74, 6) is 1.45. The van der Waals surface area contributed by atoms with E-state index >= 15 is 0 Å². The molecular formula is C21H22N2O4S2. The Morgan fingerprint density at radius 2 is 1.79 bits per heavy atom. The van der Waals surface area contributed by atoms with Crippen LogP contribution in [-0.4, -0.2) is 42.3 Å². The first kappa shape index (κ1) is 20.0. The molecule has 2 aliphatic heterocycles. The number of sulfone groups is 1. The van der Waals surface area contributed by atoms with Gasteiger partial charge in [-0.2, -0.15) is 4.99 Å². The van der Waals surface area contributed by atoms with E-state index in [-0.39, 0.29) is 28.7 Å². The quantitative estimate of drug-likeness (QED) is 0.717. The van der Waals surface area contributed by atoms with Gasteiger partial charge in [0.15, 0.2) is 15.0 Å². The van der Waals surface area contributed by atoms with Gasteiger partial charge in [0.05, 0.1) is 17.5 Å². The average molecular weight is 431 g/mol. The monoisotopic (exact) mass is 430 g/mol. The fourth-order valence-corrected chi connectivity index (χ4v) is 7.47. The Balaban J connectivity index is 1.61. The molecule has 0 saturated carbocycles. The smallest absolute Gasteiger partial charge is 0.248 e. The lowest BCUT2D eigenvalue weighted by Crippen LogP contribution is -2.37. The number of thioether (sulfide) groups is 1. The largest absolute Gasteiger partial charge is 0.457 e. The SMILES string of the molecule is CCCC(=O)N=C1S[C@H]2CS(=O)(=O)C[C@H]2N1c1ccc(Oc2ccccc2)cc1. The van der Waals surface area contributed by atoms with Crippen molar-refractivity contribution in [2.75, 3.05) is 16.4 Å². The molecular weight excluding hydrogens is 408 g/mol. The topological polar surface area (TPSA) is 76.0 Å². The number of benzene rings is 2. The molecule has 152 valence electrons. The Morgan fingerprint density at radius 1 is 1.10 bits per heavy atom. The summed E-state index contributed by atoms with van der Waals surface area (Å²) in [5.41, 5.74) is 0.811. The minimum atomic E-state index is -3.08. The van der Waals surface area contributed by atoms with E-state index in [1.807, 2.05) is 66.4 Å². The number of aliphatic imine (C=N–C) groups is 1. The molecule has 2 saturated heterocycles. The fraction of sp³-hybridized carbons (Fsp3) is 0.333. The van der Waals surface area contributed by atoms with E-state index in [9.17, 15) is 13.2 Å². The molecule has 4 rings (SSSR count). The van der Waals surface area contributed by atoms with Gasteiger partial charge >= 0.3 is 0 Å². The molecule has 2 heterocycles. The first-order valence-corrected chi connectivity index (χ1v) is 12.3. The first-order valence-electron chi connectivity index (χ1n) is 9.56. The summed E-state index contributed by atoms with van der Waals surface area (Å²) in [5, 5.41) is 0.485. The Bertz CT molecular complexity index is 1020. The van der Waals surface area contributed by atoms with E-state index in [0.717, 1.165) is 17.9 Å². The molecule has 0 unspecified atom stereocenters. The lowest BCUT2D eigenvalue weighted by atomic mass is 10.2. The van der Waals surface area contributed by atoms with Crippen molar-refractivity contribution in [1.29, 1.82) is 0 Å². The highest BCUT2D eigenvalue weighted by atomic mass is 32.2. The summed E-state index contributed by atoms with van der Waals surface area (Å²) in [6, 6.07) is 16.7. The maximum atomic E-state index is 12.1. The number of para-hydroxylation sites is 1. The van der Waals surface area contributed by atoms with Crippen molar-refractivity contribution in [3.8, 4) is 11.5 Å². The third-order valence-electron chi connectivity index (χ3n) is 4.84. The van der Waals surface area contributed by atoms with Gasteiger partial charge in [-0.1, -0.05) is 36.9 Å². The fourth-order valence-electron chi connectivity index (χ4n) is 3.54. The van der Waals surface area contributed by atoms with Crippen molar-refractivity contribution in [1.82, 2.24) is 0 Å². The number of nitrogens with zero attached hydrogens (tertiary/aromatic N) is 2. The number of anilines is 1. The van der Waals surface area contributed by atoms with Crippen LogP contribution in [0, 0.1) is 0 Å². The van der Waals surface area contributed by atoms with Crippen LogP contribution in [0.4, 0.5) is 5.69 Å². The van der Waals surface area contributed by atoms with Crippen molar-refractivity contribution >= 4 is 38.4 Å². The Labute approximate surface area is 174 Å². The van der Waals surface area contributed by atoms with Crippen LogP contribution in [0.25, 0.3) is 0 Å². The summed E-state index contributed by atoms with van der Waals surface area (Å²) in [6.45, 7) is 1.93. The minimum absolute atomic E-state index is 0.0773. The second kappa shape index (κ2) is 8.20. The van der Waals surface area contributed by atoms with E-state index in [1.165, 1.54) is 11.8 Å². The van der Waals surface area contributed by atoms with Crippen LogP contribution >= 0.6 is 11.8 Å². The second-order valence-corrected chi connectivity index (χ2v) is 10.5. The van der Waals surface area contributed by atoms with Gasteiger partial charge in [-0.15, -0.1) is 0 Å². The van der Waals surface area contributed by atoms with E-state index in [4.69, 9.17) is 4.74 Å². The lowest BCUT2D eigenvalue weighted by molar-refractivity contribution is -0.117. The average Bonchev–Trinajstić information content (AvgIpc) is 3.14. The van der Waals surface area contributed by atoms with Crippen molar-refractivity contribution < 1.29 is 17.9 Å². The molecule has 1 amide bonds. The molecule has 2 aromatic rings. The number of ether oxygens (including phenoxy) is 1. The predicted octanol–water partition coefficient (Wildman–Crippen LogP) is 3.88. The number of fused-ring (bicyclic) bond motifs is 1. The van der Waals surface area contributed by atoms with Crippen LogP contribution in [0.1, 0.15) is 19.8 Å². The molecule has 0 aromatic heterocycles. The van der Waals surface area contributed by atoms with Gasteiger partial charge in [0, 0.05) is 17.4 Å². The molecule has 0 radical (unpaired) electrons. The van der Waals surface area contributed by atoms with Gasteiger partial charge in [-0.3, -0.25) is 4.79 Å². The highest BCUT2D eigenvalue weighted by Crippen LogP contribution is 2.41. The molecule has 2 fully saturated rings. The Kier molecular flexibility index (Phi) is 5.65. The van der Waals surface area contributed by atoms with Crippen LogP contribution in [-0.2, 0) is 14.6 Å². The van der Waals surface area contributed by atoms with Crippen molar-refractivity contribution in [3.63, 3.8) is 0 Å². The maximum absolute atomic E-state index is 12.1. The van der Waals surface area contributed by atoms with Crippen LogP contribution in [0.5, 0.6) is 11.5 Å². The summed E-state index contributed by atoms with van der Waals surface area (Å²) >= 11 is 1.39. The first-order chi connectivity index (χ1) is 13.9. The normalized spacial score (nSPS) is 23.9. The summed E-state index contributed by atoms with van der Waals surface area (Å²) < 4.78 is 30.1. The van der Waals surface area contributed by atoms with Crippen LogP contribution in [0.15, 0.2) is 59.6 Å². The molecule has 2 atom stereocenters. The van der Waals surface area contributed by atoms with E-state index in [0.29, 0.717) is 17.3 Å². The zero-order chi connectivity index (χ0) is 20.4. The second-order valence-electron chi connectivity index (χ2n) is 7.12. The zero-order valence-corrected chi connectivity index (χ0v) is 17.7. The summed E-state index contributed by atoms with van der Waals surface area (Å²) in [4.78, 5) is 18.3. The number of rotatable bonds is 5. The molecule has 2 aliphatic rings. The van der Waals surface area contributed by atoms with Crippen molar-refractivity contribution in [2.24, 2.45) is 4.99 Å². The van der Waals surface area contributed by atoms with Gasteiger partial charge < -0.3 is 9.64 Å². The zero-order valence-electron chi connectivity index (χ0n) is 16.0. The molecule has 6 nitrogen and oxygen atoms in total. The number of hydrogen-bond donors (Lipinski definition) is 0. The van der Waals surface area contributed by atoms with E-state index in [2.05, 4.69) is 4.99 Å². The van der Waals surface area contributed by atoms with E-state index < -0.39 is 9.84 Å². The molecule has 2 aromatic carbocycles. The van der Waals surface area contributed by atoms with Crippen LogP contribution in [0.2, 0.25) is 0 Å². The number of carbonyl (C=O) groups excluding carboxylic acids is 1. The highest BCUT2D eigenvalue weighted by Gasteiger charge is 2.49. The number of carbonyl (C=O) groups is 1. The molecule has 0 N–H and O–H groups in total. The number of amides is 1. The molecule has 29 heavy (non-hydrogen) atoms. The lowest BCUT2D eigenvalue weighted by Gasteiger charge is -2.24. The summed E-state index contributed by atoms with van der Waals surface area (Å²) in [6.07, 6.45) is 1.11. The number of amidine groups is 1. The Hall–Kier alpha value is -2.32. The van der Waals surface area contributed by atoms with Gasteiger partial charge in [0.25, 0.3) is 0 Å². The van der Waals surface area contributed by atoms with Gasteiger partial charge in [0.1, 0.15) is 11.5 Å². The predicted molar refractivity (Wildman–Crippen MR) is 117 cm³/mol. The highest BCUT2D eigenvalue weighted by molar-refractivity contribution is 8.16. The number of hydrogen-bond acceptors (Lipinski definition) is 5. The molecule has 0 spiro atoms. The van der Waals surface area contributed by atoms with Crippen LogP contribution in [0.3, 0.4) is 0 Å². The van der Waals surface area contributed by atoms with E-state index in [1.54, 1.807) is 0 Å². The molecule has 0 aliphatic carbocycles. The third-order valence-corrected chi connectivity index (χ3v) is 8.05. The Morgan fingerprint density at radius 3 is 2.48 bits per heavy atom.